The monoisotopic (exact) mass is 289 g/mol. The van der Waals surface area contributed by atoms with Gasteiger partial charge in [0.1, 0.15) is 11.8 Å². The number of hydrogen-bond acceptors (Lipinski definition) is 4. The van der Waals surface area contributed by atoms with E-state index in [0.29, 0.717) is 17.3 Å². The third kappa shape index (κ3) is 2.55. The quantitative estimate of drug-likeness (QED) is 0.922. The second-order valence-corrected chi connectivity index (χ2v) is 4.09. The molecule has 0 aliphatic heterocycles. The van der Waals surface area contributed by atoms with E-state index in [2.05, 4.69) is 20.9 Å². The zero-order chi connectivity index (χ0) is 12.3. The van der Waals surface area contributed by atoms with Crippen LogP contribution >= 0.6 is 15.9 Å². The van der Waals surface area contributed by atoms with Crippen LogP contribution < -0.4 is 10.5 Å². The van der Waals surface area contributed by atoms with Gasteiger partial charge in [0.15, 0.2) is 5.69 Å². The van der Waals surface area contributed by atoms with Crippen molar-refractivity contribution in [3.8, 4) is 17.7 Å². The number of aromatic nitrogens is 1. The number of nitrogens with two attached hydrogens (primary N) is 1. The highest BCUT2D eigenvalue weighted by Crippen LogP contribution is 2.28. The molecule has 5 heteroatoms. The lowest BCUT2D eigenvalue weighted by atomic mass is 10.3. The van der Waals surface area contributed by atoms with E-state index in [1.165, 1.54) is 0 Å². The van der Waals surface area contributed by atoms with Crippen LogP contribution in [0.3, 0.4) is 0 Å². The Labute approximate surface area is 107 Å². The number of nitrogen functional groups attached to an aromatic ring is 1. The lowest BCUT2D eigenvalue weighted by Gasteiger charge is -2.07. The van der Waals surface area contributed by atoms with Crippen molar-refractivity contribution in [3.63, 3.8) is 0 Å². The molecule has 0 aliphatic rings. The Morgan fingerprint density at radius 1 is 1.24 bits per heavy atom. The number of benzene rings is 1. The first-order valence-electron chi connectivity index (χ1n) is 4.79. The van der Waals surface area contributed by atoms with Gasteiger partial charge >= 0.3 is 0 Å². The van der Waals surface area contributed by atoms with Gasteiger partial charge in [0.25, 0.3) is 0 Å². The van der Waals surface area contributed by atoms with Crippen molar-refractivity contribution >= 4 is 21.6 Å². The van der Waals surface area contributed by atoms with E-state index in [-0.39, 0.29) is 5.69 Å². The molecule has 0 aliphatic carbocycles. The fourth-order valence-electron chi connectivity index (χ4n) is 1.24. The molecule has 84 valence electrons. The van der Waals surface area contributed by atoms with Gasteiger partial charge in [-0.2, -0.15) is 5.26 Å². The summed E-state index contributed by atoms with van der Waals surface area (Å²) in [5, 5.41) is 8.81. The van der Waals surface area contributed by atoms with Crippen LogP contribution in [0.4, 0.5) is 5.69 Å². The van der Waals surface area contributed by atoms with E-state index in [1.54, 1.807) is 18.2 Å². The largest absolute Gasteiger partial charge is 0.438 e. The third-order valence-electron chi connectivity index (χ3n) is 2.06. The zero-order valence-electron chi connectivity index (χ0n) is 8.72. The van der Waals surface area contributed by atoms with E-state index >= 15 is 0 Å². The predicted molar refractivity (Wildman–Crippen MR) is 67.6 cm³/mol. The summed E-state index contributed by atoms with van der Waals surface area (Å²) < 4.78 is 6.36. The van der Waals surface area contributed by atoms with E-state index in [9.17, 15) is 0 Å². The van der Waals surface area contributed by atoms with Gasteiger partial charge in [0.05, 0.1) is 10.2 Å². The van der Waals surface area contributed by atoms with E-state index in [4.69, 9.17) is 15.7 Å². The van der Waals surface area contributed by atoms with Crippen molar-refractivity contribution in [1.82, 2.24) is 4.98 Å². The summed E-state index contributed by atoms with van der Waals surface area (Å²) >= 11 is 3.36. The van der Waals surface area contributed by atoms with Crippen molar-refractivity contribution in [3.05, 3.63) is 46.6 Å². The van der Waals surface area contributed by atoms with Crippen molar-refractivity contribution in [1.29, 1.82) is 5.26 Å². The number of nitriles is 1. The number of anilines is 1. The van der Waals surface area contributed by atoms with Crippen molar-refractivity contribution in [2.75, 3.05) is 5.73 Å². The van der Waals surface area contributed by atoms with Crippen LogP contribution in [0.1, 0.15) is 5.69 Å². The number of nitrogens with zero attached hydrogens (tertiary/aromatic N) is 2. The molecule has 17 heavy (non-hydrogen) atoms. The first-order chi connectivity index (χ1) is 8.20. The fourth-order valence-corrected chi connectivity index (χ4v) is 1.60. The maximum absolute atomic E-state index is 8.81. The van der Waals surface area contributed by atoms with Gasteiger partial charge in [-0.1, -0.05) is 12.1 Å². The Morgan fingerprint density at radius 2 is 2.00 bits per heavy atom. The molecular formula is C12H8BrN3O. The van der Waals surface area contributed by atoms with Crippen LogP contribution in [0.25, 0.3) is 0 Å². The molecule has 0 saturated carbocycles. The van der Waals surface area contributed by atoms with Crippen LogP contribution in [0.2, 0.25) is 0 Å². The molecule has 0 unspecified atom stereocenters. The summed E-state index contributed by atoms with van der Waals surface area (Å²) in [6.45, 7) is 0. The first-order valence-corrected chi connectivity index (χ1v) is 5.59. The van der Waals surface area contributed by atoms with E-state index < -0.39 is 0 Å². The van der Waals surface area contributed by atoms with Gasteiger partial charge in [-0.3, -0.25) is 0 Å². The molecule has 1 aromatic carbocycles. The van der Waals surface area contributed by atoms with Gasteiger partial charge in [0, 0.05) is 6.07 Å². The minimum Gasteiger partial charge on any atom is -0.438 e. The van der Waals surface area contributed by atoms with Crippen molar-refractivity contribution < 1.29 is 4.74 Å². The third-order valence-corrected chi connectivity index (χ3v) is 2.71. The number of para-hydroxylation sites is 1. The highest BCUT2D eigenvalue weighted by molar-refractivity contribution is 9.10. The summed E-state index contributed by atoms with van der Waals surface area (Å²) in [6, 6.07) is 12.5. The lowest BCUT2D eigenvalue weighted by Crippen LogP contribution is -1.96. The Balaban J connectivity index is 2.32. The maximum Gasteiger partial charge on any atom is 0.220 e. The van der Waals surface area contributed by atoms with Crippen LogP contribution in [0.15, 0.2) is 40.9 Å². The molecule has 0 radical (unpaired) electrons. The molecule has 0 bridgehead atoms. The van der Waals surface area contributed by atoms with Gasteiger partial charge in [0.2, 0.25) is 5.88 Å². The normalized spacial score (nSPS) is 9.65. The lowest BCUT2D eigenvalue weighted by molar-refractivity contribution is 0.460. The van der Waals surface area contributed by atoms with Gasteiger partial charge in [-0.15, -0.1) is 0 Å². The molecule has 0 saturated heterocycles. The fraction of sp³-hybridized carbons (Fsp3) is 0. The van der Waals surface area contributed by atoms with E-state index in [0.717, 1.165) is 4.47 Å². The molecule has 2 N–H and O–H groups in total. The van der Waals surface area contributed by atoms with Gasteiger partial charge in [-0.05, 0) is 34.1 Å². The van der Waals surface area contributed by atoms with Crippen molar-refractivity contribution in [2.45, 2.75) is 0 Å². The summed E-state index contributed by atoms with van der Waals surface area (Å²) in [6.07, 6.45) is 0. The number of ether oxygens (including phenoxy) is 1. The molecule has 2 aromatic rings. The summed E-state index contributed by atoms with van der Waals surface area (Å²) in [5.41, 5.74) is 6.07. The Bertz CT molecular complexity index is 593. The molecule has 1 aromatic heterocycles. The molecule has 1 heterocycles. The zero-order valence-corrected chi connectivity index (χ0v) is 10.3. The van der Waals surface area contributed by atoms with Crippen LogP contribution in [0, 0.1) is 11.3 Å². The predicted octanol–water partition coefficient (Wildman–Crippen LogP) is 3.09. The number of halogens is 1. The second-order valence-electron chi connectivity index (χ2n) is 3.23. The Morgan fingerprint density at radius 3 is 2.71 bits per heavy atom. The highest BCUT2D eigenvalue weighted by Gasteiger charge is 2.05. The molecule has 4 nitrogen and oxygen atoms in total. The standard InChI is InChI=1S/C12H8BrN3O/c13-8-3-1-2-4-11(8)17-12-6-5-9(15)10(7-14)16-12/h1-6H,15H2. The van der Waals surface area contributed by atoms with Crippen LogP contribution in [0.5, 0.6) is 11.6 Å². The molecule has 0 fully saturated rings. The molecule has 0 atom stereocenters. The Kier molecular flexibility index (Phi) is 3.26. The summed E-state index contributed by atoms with van der Waals surface area (Å²) in [5.74, 6) is 0.969. The number of rotatable bonds is 2. The number of pyridine rings is 1. The van der Waals surface area contributed by atoms with Crippen LogP contribution in [-0.4, -0.2) is 4.98 Å². The Hall–Kier alpha value is -2.06. The average molecular weight is 290 g/mol. The van der Waals surface area contributed by atoms with Gasteiger partial charge in [-0.25, -0.2) is 4.98 Å². The molecule has 2 rings (SSSR count). The maximum atomic E-state index is 8.81. The molecule has 0 amide bonds. The molecular weight excluding hydrogens is 282 g/mol. The second kappa shape index (κ2) is 4.85. The SMILES string of the molecule is N#Cc1nc(Oc2ccccc2Br)ccc1N. The minimum absolute atomic E-state index is 0.162. The highest BCUT2D eigenvalue weighted by atomic mass is 79.9. The van der Waals surface area contributed by atoms with Gasteiger partial charge < -0.3 is 10.5 Å². The van der Waals surface area contributed by atoms with Crippen molar-refractivity contribution in [2.24, 2.45) is 0 Å². The minimum atomic E-state index is 0.162. The average Bonchev–Trinajstić information content (AvgIpc) is 2.34. The first kappa shape index (κ1) is 11.4. The topological polar surface area (TPSA) is 71.9 Å². The van der Waals surface area contributed by atoms with Crippen LogP contribution in [-0.2, 0) is 0 Å². The summed E-state index contributed by atoms with van der Waals surface area (Å²) in [7, 11) is 0. The number of hydrogen-bond donors (Lipinski definition) is 1. The molecule has 0 spiro atoms. The van der Waals surface area contributed by atoms with E-state index in [1.807, 2.05) is 24.3 Å². The summed E-state index contributed by atoms with van der Waals surface area (Å²) in [4.78, 5) is 4.00. The smallest absolute Gasteiger partial charge is 0.220 e.